The maximum Gasteiger partial charge on any atom is 0.242 e. The van der Waals surface area contributed by atoms with Crippen LogP contribution in [-0.4, -0.2) is 17.9 Å². The summed E-state index contributed by atoms with van der Waals surface area (Å²) in [7, 11) is 1.71. The lowest BCUT2D eigenvalue weighted by molar-refractivity contribution is -0.139. The van der Waals surface area contributed by atoms with Gasteiger partial charge in [0.15, 0.2) is 0 Å². The zero-order valence-electron chi connectivity index (χ0n) is 11.8. The van der Waals surface area contributed by atoms with Crippen LogP contribution in [0.2, 0.25) is 5.02 Å². The average Bonchev–Trinajstić information content (AvgIpc) is 2.44. The van der Waals surface area contributed by atoms with E-state index in [1.165, 1.54) is 0 Å². The summed E-state index contributed by atoms with van der Waals surface area (Å²) in [6, 6.07) is 9.38. The standard InChI is InChI=1S/C15H19ClN2O/c1-5-15(3,10-17)14(19)18(4)11(2)12-8-6-7-9-13(12)16/h6-9,11H,5H2,1-4H3. The Bertz CT molecular complexity index is 509. The maximum atomic E-state index is 12.4. The first-order valence-corrected chi connectivity index (χ1v) is 6.68. The number of rotatable bonds is 4. The Kier molecular flexibility index (Phi) is 4.97. The Morgan fingerprint density at radius 2 is 2.11 bits per heavy atom. The normalized spacial score (nSPS) is 15.2. The van der Waals surface area contributed by atoms with E-state index in [2.05, 4.69) is 6.07 Å². The molecule has 2 atom stereocenters. The van der Waals surface area contributed by atoms with Crippen molar-refractivity contribution in [2.75, 3.05) is 7.05 Å². The molecular formula is C15H19ClN2O. The molecule has 0 aromatic heterocycles. The van der Waals surface area contributed by atoms with Crippen LogP contribution in [0.5, 0.6) is 0 Å². The molecule has 102 valence electrons. The van der Waals surface area contributed by atoms with E-state index in [0.29, 0.717) is 11.4 Å². The minimum atomic E-state index is -0.982. The van der Waals surface area contributed by atoms with Gasteiger partial charge in [-0.15, -0.1) is 0 Å². The molecule has 0 spiro atoms. The van der Waals surface area contributed by atoms with Crippen LogP contribution in [0.3, 0.4) is 0 Å². The van der Waals surface area contributed by atoms with Gasteiger partial charge in [-0.2, -0.15) is 5.26 Å². The molecule has 2 unspecified atom stereocenters. The molecule has 0 bridgehead atoms. The molecule has 1 aromatic rings. The van der Waals surface area contributed by atoms with E-state index >= 15 is 0 Å². The average molecular weight is 279 g/mol. The van der Waals surface area contributed by atoms with Gasteiger partial charge in [0, 0.05) is 12.1 Å². The predicted molar refractivity (Wildman–Crippen MR) is 76.6 cm³/mol. The lowest BCUT2D eigenvalue weighted by atomic mass is 9.87. The molecule has 1 amide bonds. The number of benzene rings is 1. The van der Waals surface area contributed by atoms with Gasteiger partial charge in [-0.25, -0.2) is 0 Å². The first-order valence-electron chi connectivity index (χ1n) is 6.30. The van der Waals surface area contributed by atoms with Crippen molar-refractivity contribution in [1.29, 1.82) is 5.26 Å². The lowest BCUT2D eigenvalue weighted by Crippen LogP contribution is -2.40. The van der Waals surface area contributed by atoms with Crippen molar-refractivity contribution in [3.05, 3.63) is 34.9 Å². The number of halogens is 1. The van der Waals surface area contributed by atoms with Gasteiger partial charge < -0.3 is 4.90 Å². The van der Waals surface area contributed by atoms with Gasteiger partial charge >= 0.3 is 0 Å². The van der Waals surface area contributed by atoms with E-state index in [0.717, 1.165) is 5.56 Å². The van der Waals surface area contributed by atoms with Gasteiger partial charge in [0.2, 0.25) is 5.91 Å². The molecule has 1 rings (SSSR count). The van der Waals surface area contributed by atoms with Crippen LogP contribution in [0.1, 0.15) is 38.8 Å². The Morgan fingerprint density at radius 3 is 2.58 bits per heavy atom. The molecule has 4 heteroatoms. The van der Waals surface area contributed by atoms with Crippen LogP contribution in [0.4, 0.5) is 0 Å². The molecule has 0 aliphatic heterocycles. The highest BCUT2D eigenvalue weighted by atomic mass is 35.5. The fourth-order valence-electron chi connectivity index (χ4n) is 1.87. The summed E-state index contributed by atoms with van der Waals surface area (Å²) in [5.41, 5.74) is -0.0963. The van der Waals surface area contributed by atoms with Crippen molar-refractivity contribution in [1.82, 2.24) is 4.90 Å². The SMILES string of the molecule is CCC(C)(C#N)C(=O)N(C)C(C)c1ccccc1Cl. The highest BCUT2D eigenvalue weighted by molar-refractivity contribution is 6.31. The zero-order chi connectivity index (χ0) is 14.6. The molecule has 0 saturated carbocycles. The van der Waals surface area contributed by atoms with Gasteiger partial charge in [0.05, 0.1) is 12.1 Å². The van der Waals surface area contributed by atoms with Crippen molar-refractivity contribution < 1.29 is 4.79 Å². The minimum Gasteiger partial charge on any atom is -0.338 e. The summed E-state index contributed by atoms with van der Waals surface area (Å²) in [6.07, 6.45) is 0.488. The number of hydrogen-bond acceptors (Lipinski definition) is 2. The van der Waals surface area contributed by atoms with Crippen molar-refractivity contribution in [2.24, 2.45) is 5.41 Å². The fourth-order valence-corrected chi connectivity index (χ4v) is 2.16. The highest BCUT2D eigenvalue weighted by Gasteiger charge is 2.35. The fraction of sp³-hybridized carbons (Fsp3) is 0.467. The Morgan fingerprint density at radius 1 is 1.53 bits per heavy atom. The van der Waals surface area contributed by atoms with Gasteiger partial charge in [-0.1, -0.05) is 36.7 Å². The number of nitriles is 1. The summed E-state index contributed by atoms with van der Waals surface area (Å²) in [4.78, 5) is 14.0. The van der Waals surface area contributed by atoms with Crippen LogP contribution in [0.25, 0.3) is 0 Å². The summed E-state index contributed by atoms with van der Waals surface area (Å²) in [6.45, 7) is 5.42. The number of amides is 1. The van der Waals surface area contributed by atoms with E-state index < -0.39 is 5.41 Å². The molecule has 0 fully saturated rings. The van der Waals surface area contributed by atoms with E-state index in [1.54, 1.807) is 24.9 Å². The van der Waals surface area contributed by atoms with E-state index in [9.17, 15) is 10.1 Å². The van der Waals surface area contributed by atoms with E-state index in [-0.39, 0.29) is 11.9 Å². The summed E-state index contributed by atoms with van der Waals surface area (Å²) in [5.74, 6) is -0.176. The lowest BCUT2D eigenvalue weighted by Gasteiger charge is -2.31. The first-order chi connectivity index (χ1) is 8.87. The number of nitrogens with zero attached hydrogens (tertiary/aromatic N) is 2. The summed E-state index contributed by atoms with van der Waals surface area (Å²) >= 11 is 6.15. The number of hydrogen-bond donors (Lipinski definition) is 0. The van der Waals surface area contributed by atoms with Crippen LogP contribution >= 0.6 is 11.6 Å². The van der Waals surface area contributed by atoms with E-state index in [1.807, 2.05) is 32.0 Å². The van der Waals surface area contributed by atoms with Crippen LogP contribution in [0, 0.1) is 16.7 Å². The molecule has 0 aliphatic rings. The predicted octanol–water partition coefficient (Wildman–Crippen LogP) is 3.80. The summed E-state index contributed by atoms with van der Waals surface area (Å²) in [5, 5.41) is 9.82. The van der Waals surface area contributed by atoms with Gasteiger partial charge in [-0.05, 0) is 31.9 Å². The van der Waals surface area contributed by atoms with Crippen LogP contribution < -0.4 is 0 Å². The maximum absolute atomic E-state index is 12.4. The monoisotopic (exact) mass is 278 g/mol. The van der Waals surface area contributed by atoms with Crippen LogP contribution in [0.15, 0.2) is 24.3 Å². The molecule has 0 aliphatic carbocycles. The molecule has 3 nitrogen and oxygen atoms in total. The molecule has 0 radical (unpaired) electrons. The summed E-state index contributed by atoms with van der Waals surface area (Å²) < 4.78 is 0. The third-order valence-electron chi connectivity index (χ3n) is 3.68. The van der Waals surface area contributed by atoms with E-state index in [4.69, 9.17) is 11.6 Å². The molecule has 0 N–H and O–H groups in total. The van der Waals surface area contributed by atoms with Gasteiger partial charge in [-0.3, -0.25) is 4.79 Å². The first kappa shape index (κ1) is 15.5. The Balaban J connectivity index is 3.02. The third kappa shape index (κ3) is 3.08. The highest BCUT2D eigenvalue weighted by Crippen LogP contribution is 2.30. The molecule has 0 saturated heterocycles. The van der Waals surface area contributed by atoms with Crippen molar-refractivity contribution in [2.45, 2.75) is 33.2 Å². The zero-order valence-corrected chi connectivity index (χ0v) is 12.5. The second-order valence-electron chi connectivity index (χ2n) is 4.91. The Hall–Kier alpha value is -1.53. The third-order valence-corrected chi connectivity index (χ3v) is 4.03. The second kappa shape index (κ2) is 6.08. The minimum absolute atomic E-state index is 0.166. The second-order valence-corrected chi connectivity index (χ2v) is 5.32. The molecule has 19 heavy (non-hydrogen) atoms. The van der Waals surface area contributed by atoms with Crippen molar-refractivity contribution >= 4 is 17.5 Å². The topological polar surface area (TPSA) is 44.1 Å². The van der Waals surface area contributed by atoms with Crippen LogP contribution in [-0.2, 0) is 4.79 Å². The number of carbonyl (C=O) groups is 1. The largest absolute Gasteiger partial charge is 0.338 e. The van der Waals surface area contributed by atoms with Crippen molar-refractivity contribution in [3.8, 4) is 6.07 Å². The van der Waals surface area contributed by atoms with Gasteiger partial charge in [0.1, 0.15) is 5.41 Å². The molecule has 0 heterocycles. The van der Waals surface area contributed by atoms with Gasteiger partial charge in [0.25, 0.3) is 0 Å². The molecular weight excluding hydrogens is 260 g/mol. The quantitative estimate of drug-likeness (QED) is 0.841. The molecule has 1 aromatic carbocycles. The van der Waals surface area contributed by atoms with Crippen molar-refractivity contribution in [3.63, 3.8) is 0 Å². The Labute approximate surface area is 119 Å². The smallest absolute Gasteiger partial charge is 0.242 e. The number of carbonyl (C=O) groups excluding carboxylic acids is 1.